The normalized spacial score (nSPS) is 12.6. The summed E-state index contributed by atoms with van der Waals surface area (Å²) < 4.78 is 0. The van der Waals surface area contributed by atoms with E-state index in [0.29, 0.717) is 11.1 Å². The fourth-order valence-corrected chi connectivity index (χ4v) is 2.23. The van der Waals surface area contributed by atoms with Gasteiger partial charge in [0.1, 0.15) is 0 Å². The molecule has 0 bridgehead atoms. The highest BCUT2D eigenvalue weighted by Gasteiger charge is 2.39. The van der Waals surface area contributed by atoms with Gasteiger partial charge in [0.25, 0.3) is 5.91 Å². The van der Waals surface area contributed by atoms with Crippen LogP contribution in [0.2, 0.25) is 0 Å². The van der Waals surface area contributed by atoms with Crippen LogP contribution in [0.3, 0.4) is 0 Å². The molecule has 0 unspecified atom stereocenters. The highest BCUT2D eigenvalue weighted by molar-refractivity contribution is 5.95. The molecule has 0 spiro atoms. The van der Waals surface area contributed by atoms with Crippen molar-refractivity contribution in [1.29, 1.82) is 5.26 Å². The Labute approximate surface area is 124 Å². The van der Waals surface area contributed by atoms with E-state index in [1.165, 1.54) is 0 Å². The lowest BCUT2D eigenvalue weighted by Gasteiger charge is -2.34. The molecule has 0 saturated carbocycles. The zero-order valence-corrected chi connectivity index (χ0v) is 12.7. The van der Waals surface area contributed by atoms with E-state index in [4.69, 9.17) is 5.26 Å². The third kappa shape index (κ3) is 3.82. The van der Waals surface area contributed by atoms with E-state index in [1.807, 2.05) is 19.9 Å². The van der Waals surface area contributed by atoms with Gasteiger partial charge in [-0.15, -0.1) is 0 Å². The standard InChI is InChI=1S/C16H20N2O3/c1-10(2)13(16(3,4)15(20)21)18-14(19)12-7-5-11(9-17)6-8-12/h5-8,10,13H,1-4H3,(H,18,19)(H,20,21)/t13-/m0/s1. The molecule has 2 N–H and O–H groups in total. The van der Waals surface area contributed by atoms with Crippen LogP contribution in [0, 0.1) is 22.7 Å². The molecule has 0 aromatic heterocycles. The Morgan fingerprint density at radius 1 is 1.24 bits per heavy atom. The maximum atomic E-state index is 12.2. The maximum Gasteiger partial charge on any atom is 0.311 e. The molecule has 0 aliphatic heterocycles. The summed E-state index contributed by atoms with van der Waals surface area (Å²) in [5.74, 6) is -1.33. The van der Waals surface area contributed by atoms with Gasteiger partial charge in [-0.2, -0.15) is 5.26 Å². The lowest BCUT2D eigenvalue weighted by Crippen LogP contribution is -2.51. The Hall–Kier alpha value is -2.35. The number of amides is 1. The average Bonchev–Trinajstić information content (AvgIpc) is 2.43. The van der Waals surface area contributed by atoms with Gasteiger partial charge in [0.05, 0.1) is 17.0 Å². The first-order valence-corrected chi connectivity index (χ1v) is 6.74. The van der Waals surface area contributed by atoms with E-state index in [2.05, 4.69) is 5.32 Å². The molecular formula is C16H20N2O3. The summed E-state index contributed by atoms with van der Waals surface area (Å²) in [4.78, 5) is 23.6. The molecule has 0 aliphatic rings. The van der Waals surface area contributed by atoms with E-state index in [-0.39, 0.29) is 11.8 Å². The predicted octanol–water partition coefficient (Wildman–Crippen LogP) is 2.42. The number of rotatable bonds is 5. The van der Waals surface area contributed by atoms with E-state index < -0.39 is 17.4 Å². The summed E-state index contributed by atoms with van der Waals surface area (Å²) >= 11 is 0. The number of carbonyl (C=O) groups is 2. The molecule has 112 valence electrons. The van der Waals surface area contributed by atoms with Gasteiger partial charge in [0.2, 0.25) is 0 Å². The van der Waals surface area contributed by atoms with E-state index >= 15 is 0 Å². The smallest absolute Gasteiger partial charge is 0.311 e. The molecule has 1 atom stereocenters. The number of hydrogen-bond acceptors (Lipinski definition) is 3. The van der Waals surface area contributed by atoms with Crippen molar-refractivity contribution in [3.63, 3.8) is 0 Å². The first kappa shape index (κ1) is 16.7. The fourth-order valence-electron chi connectivity index (χ4n) is 2.23. The molecule has 21 heavy (non-hydrogen) atoms. The van der Waals surface area contributed by atoms with Gasteiger partial charge in [-0.1, -0.05) is 13.8 Å². The quantitative estimate of drug-likeness (QED) is 0.870. The zero-order valence-electron chi connectivity index (χ0n) is 12.7. The Balaban J connectivity index is 2.96. The van der Waals surface area contributed by atoms with Gasteiger partial charge in [-0.25, -0.2) is 0 Å². The largest absolute Gasteiger partial charge is 0.481 e. The Morgan fingerprint density at radius 2 is 1.76 bits per heavy atom. The molecule has 5 heteroatoms. The van der Waals surface area contributed by atoms with Crippen molar-refractivity contribution in [2.75, 3.05) is 0 Å². The number of carboxylic acids is 1. The van der Waals surface area contributed by atoms with Crippen molar-refractivity contribution < 1.29 is 14.7 Å². The van der Waals surface area contributed by atoms with Crippen LogP contribution in [0.4, 0.5) is 0 Å². The highest BCUT2D eigenvalue weighted by Crippen LogP contribution is 2.26. The van der Waals surface area contributed by atoms with E-state index in [0.717, 1.165) is 0 Å². The summed E-state index contributed by atoms with van der Waals surface area (Å²) in [6.07, 6.45) is 0. The zero-order chi connectivity index (χ0) is 16.2. The van der Waals surface area contributed by atoms with E-state index in [9.17, 15) is 14.7 Å². The van der Waals surface area contributed by atoms with Gasteiger partial charge in [0, 0.05) is 11.6 Å². The number of nitrogens with zero attached hydrogens (tertiary/aromatic N) is 1. The molecule has 0 heterocycles. The van der Waals surface area contributed by atoms with Crippen molar-refractivity contribution in [3.8, 4) is 6.07 Å². The summed E-state index contributed by atoms with van der Waals surface area (Å²) in [7, 11) is 0. The second-order valence-corrected chi connectivity index (χ2v) is 5.91. The molecule has 1 aromatic carbocycles. The minimum absolute atomic E-state index is 0.0292. The number of carbonyl (C=O) groups excluding carboxylic acids is 1. The van der Waals surface area contributed by atoms with Crippen LogP contribution in [-0.4, -0.2) is 23.0 Å². The third-order valence-corrected chi connectivity index (χ3v) is 3.56. The molecule has 0 radical (unpaired) electrons. The summed E-state index contributed by atoms with van der Waals surface area (Å²) in [6.45, 7) is 6.93. The van der Waals surface area contributed by atoms with Crippen molar-refractivity contribution >= 4 is 11.9 Å². The van der Waals surface area contributed by atoms with Crippen LogP contribution in [0.25, 0.3) is 0 Å². The Bertz CT molecular complexity index is 568. The average molecular weight is 288 g/mol. The topological polar surface area (TPSA) is 90.2 Å². The summed E-state index contributed by atoms with van der Waals surface area (Å²) in [6, 6.07) is 7.70. The molecule has 0 saturated heterocycles. The Morgan fingerprint density at radius 3 is 2.14 bits per heavy atom. The monoisotopic (exact) mass is 288 g/mol. The number of nitrogens with one attached hydrogen (secondary N) is 1. The van der Waals surface area contributed by atoms with Gasteiger partial charge in [0.15, 0.2) is 0 Å². The first-order valence-electron chi connectivity index (χ1n) is 6.74. The minimum Gasteiger partial charge on any atom is -0.481 e. The second-order valence-electron chi connectivity index (χ2n) is 5.91. The van der Waals surface area contributed by atoms with Crippen LogP contribution in [0.1, 0.15) is 43.6 Å². The van der Waals surface area contributed by atoms with Crippen LogP contribution in [-0.2, 0) is 4.79 Å². The van der Waals surface area contributed by atoms with Crippen LogP contribution >= 0.6 is 0 Å². The van der Waals surface area contributed by atoms with Crippen molar-refractivity contribution in [3.05, 3.63) is 35.4 Å². The maximum absolute atomic E-state index is 12.2. The predicted molar refractivity (Wildman–Crippen MR) is 78.7 cm³/mol. The third-order valence-electron chi connectivity index (χ3n) is 3.56. The van der Waals surface area contributed by atoms with Crippen LogP contribution in [0.5, 0.6) is 0 Å². The van der Waals surface area contributed by atoms with Crippen LogP contribution in [0.15, 0.2) is 24.3 Å². The lowest BCUT2D eigenvalue weighted by atomic mass is 9.78. The second kappa shape index (κ2) is 6.40. The summed E-state index contributed by atoms with van der Waals surface area (Å²) in [5, 5.41) is 20.9. The van der Waals surface area contributed by atoms with E-state index in [1.54, 1.807) is 38.1 Å². The van der Waals surface area contributed by atoms with Gasteiger partial charge < -0.3 is 10.4 Å². The molecule has 1 amide bonds. The van der Waals surface area contributed by atoms with Gasteiger partial charge in [-0.05, 0) is 44.0 Å². The number of nitriles is 1. The highest BCUT2D eigenvalue weighted by atomic mass is 16.4. The molecule has 1 rings (SSSR count). The number of aliphatic carboxylic acids is 1. The van der Waals surface area contributed by atoms with Crippen molar-refractivity contribution in [2.24, 2.45) is 11.3 Å². The van der Waals surface area contributed by atoms with Crippen molar-refractivity contribution in [2.45, 2.75) is 33.7 Å². The molecule has 1 aromatic rings. The molecule has 0 aliphatic carbocycles. The molecule has 5 nitrogen and oxygen atoms in total. The molecular weight excluding hydrogens is 268 g/mol. The lowest BCUT2D eigenvalue weighted by molar-refractivity contribution is -0.149. The van der Waals surface area contributed by atoms with Crippen LogP contribution < -0.4 is 5.32 Å². The minimum atomic E-state index is -1.07. The Kier molecular flexibility index (Phi) is 5.09. The summed E-state index contributed by atoms with van der Waals surface area (Å²) in [5.41, 5.74) is -0.199. The number of hydrogen-bond donors (Lipinski definition) is 2. The number of carboxylic acid groups (broad SMARTS) is 1. The van der Waals surface area contributed by atoms with Crippen molar-refractivity contribution in [1.82, 2.24) is 5.32 Å². The SMILES string of the molecule is CC(C)[C@H](NC(=O)c1ccc(C#N)cc1)C(C)(C)C(=O)O. The van der Waals surface area contributed by atoms with Gasteiger partial charge >= 0.3 is 5.97 Å². The fraction of sp³-hybridized carbons (Fsp3) is 0.438. The number of benzene rings is 1. The van der Waals surface area contributed by atoms with Gasteiger partial charge in [-0.3, -0.25) is 9.59 Å². The molecule has 0 fully saturated rings. The first-order chi connectivity index (χ1) is 9.70.